The summed E-state index contributed by atoms with van der Waals surface area (Å²) >= 11 is 0. The van der Waals surface area contributed by atoms with E-state index in [9.17, 15) is 19.5 Å². The maximum absolute atomic E-state index is 11.9. The Morgan fingerprint density at radius 2 is 1.91 bits per heavy atom. The van der Waals surface area contributed by atoms with Gasteiger partial charge >= 0.3 is 11.9 Å². The quantitative estimate of drug-likeness (QED) is 0.482. The molecule has 0 aliphatic heterocycles. The number of rotatable bonds is 8. The molecule has 7 heteroatoms. The van der Waals surface area contributed by atoms with Gasteiger partial charge in [0.25, 0.3) is 5.91 Å². The highest BCUT2D eigenvalue weighted by atomic mass is 16.5. The van der Waals surface area contributed by atoms with Crippen LogP contribution in [-0.2, 0) is 19.1 Å². The summed E-state index contributed by atoms with van der Waals surface area (Å²) in [6, 6.07) is 6.90. The zero-order valence-electron chi connectivity index (χ0n) is 12.6. The number of aliphatic hydroxyl groups is 1. The molecule has 0 aliphatic rings. The topological polar surface area (TPSA) is 113 Å². The van der Waals surface area contributed by atoms with Crippen molar-refractivity contribution in [1.82, 2.24) is 5.32 Å². The molecule has 0 aliphatic carbocycles. The molecule has 7 nitrogen and oxygen atoms in total. The fourth-order valence-corrected chi connectivity index (χ4v) is 1.75. The van der Waals surface area contributed by atoms with Crippen LogP contribution in [0.25, 0.3) is 0 Å². The molecule has 2 atom stereocenters. The molecule has 23 heavy (non-hydrogen) atoms. The molecular weight excluding hydrogens is 302 g/mol. The van der Waals surface area contributed by atoms with Gasteiger partial charge in [-0.1, -0.05) is 36.4 Å². The van der Waals surface area contributed by atoms with E-state index in [1.165, 1.54) is 6.08 Å². The van der Waals surface area contributed by atoms with Crippen LogP contribution in [0.1, 0.15) is 25.0 Å². The van der Waals surface area contributed by atoms with Crippen molar-refractivity contribution in [2.45, 2.75) is 25.5 Å². The minimum Gasteiger partial charge on any atom is -0.480 e. The maximum atomic E-state index is 11.9. The van der Waals surface area contributed by atoms with Crippen LogP contribution < -0.4 is 5.32 Å². The number of carboxylic acid groups (broad SMARTS) is 1. The molecule has 0 bridgehead atoms. The van der Waals surface area contributed by atoms with Gasteiger partial charge in [0.2, 0.25) is 0 Å². The lowest BCUT2D eigenvalue weighted by molar-refractivity contribution is -0.143. The molecule has 0 saturated heterocycles. The van der Waals surface area contributed by atoms with E-state index in [-0.39, 0.29) is 13.0 Å². The van der Waals surface area contributed by atoms with E-state index < -0.39 is 30.0 Å². The maximum Gasteiger partial charge on any atom is 0.330 e. The third kappa shape index (κ3) is 6.31. The zero-order chi connectivity index (χ0) is 17.2. The van der Waals surface area contributed by atoms with Gasteiger partial charge in [-0.25, -0.2) is 9.59 Å². The molecule has 3 N–H and O–H groups in total. The van der Waals surface area contributed by atoms with Crippen molar-refractivity contribution >= 4 is 17.8 Å². The lowest BCUT2D eigenvalue weighted by Crippen LogP contribution is -2.42. The SMILES string of the molecule is CCOC(=O)/C=C/C[C@@H](NC(=O)[C@@H](O)c1ccccc1)C(=O)O. The molecule has 0 saturated carbocycles. The van der Waals surface area contributed by atoms with Crippen molar-refractivity contribution in [2.24, 2.45) is 0 Å². The summed E-state index contributed by atoms with van der Waals surface area (Å²) in [5, 5.41) is 21.2. The van der Waals surface area contributed by atoms with Gasteiger partial charge in [-0.2, -0.15) is 0 Å². The van der Waals surface area contributed by atoms with Gasteiger partial charge in [-0.05, 0) is 18.9 Å². The minimum atomic E-state index is -1.47. The van der Waals surface area contributed by atoms with Crippen LogP contribution in [-0.4, -0.2) is 40.7 Å². The number of carbonyl (C=O) groups is 3. The van der Waals surface area contributed by atoms with Gasteiger partial charge in [-0.15, -0.1) is 0 Å². The third-order valence-electron chi connectivity index (χ3n) is 2.89. The van der Waals surface area contributed by atoms with E-state index in [1.54, 1.807) is 37.3 Å². The Hall–Kier alpha value is -2.67. The summed E-state index contributed by atoms with van der Waals surface area (Å²) in [6.07, 6.45) is 0.819. The summed E-state index contributed by atoms with van der Waals surface area (Å²) in [6.45, 7) is 1.86. The number of esters is 1. The minimum absolute atomic E-state index is 0.110. The van der Waals surface area contributed by atoms with Crippen LogP contribution in [0.3, 0.4) is 0 Å². The number of ether oxygens (including phenoxy) is 1. The van der Waals surface area contributed by atoms with Crippen molar-refractivity contribution in [3.05, 3.63) is 48.0 Å². The number of benzene rings is 1. The highest BCUT2D eigenvalue weighted by molar-refractivity contribution is 5.87. The predicted octanol–water partition coefficient (Wildman–Crippen LogP) is 0.799. The molecule has 0 spiro atoms. The molecule has 0 fully saturated rings. The third-order valence-corrected chi connectivity index (χ3v) is 2.89. The number of carboxylic acids is 1. The van der Waals surface area contributed by atoms with Crippen LogP contribution in [0.5, 0.6) is 0 Å². The van der Waals surface area contributed by atoms with Crippen molar-refractivity contribution in [1.29, 1.82) is 0 Å². The molecule has 0 radical (unpaired) electrons. The molecule has 1 amide bonds. The van der Waals surface area contributed by atoms with Crippen molar-refractivity contribution < 1.29 is 29.3 Å². The standard InChI is InChI=1S/C16H19NO6/c1-2-23-13(18)10-6-9-12(16(21)22)17-15(20)14(19)11-7-4-3-5-8-11/h3-8,10,12,14,19H,2,9H2,1H3,(H,17,20)(H,21,22)/b10-6+/t12-,14+/m1/s1. The first kappa shape index (κ1) is 18.4. The van der Waals surface area contributed by atoms with E-state index in [2.05, 4.69) is 10.1 Å². The van der Waals surface area contributed by atoms with E-state index in [1.807, 2.05) is 0 Å². The summed E-state index contributed by atoms with van der Waals surface area (Å²) < 4.78 is 4.66. The molecular formula is C16H19NO6. The first-order chi connectivity index (χ1) is 11.0. The van der Waals surface area contributed by atoms with E-state index in [4.69, 9.17) is 5.11 Å². The summed E-state index contributed by atoms with van der Waals surface area (Å²) in [4.78, 5) is 34.2. The average molecular weight is 321 g/mol. The van der Waals surface area contributed by atoms with Crippen molar-refractivity contribution in [3.8, 4) is 0 Å². The fraction of sp³-hybridized carbons (Fsp3) is 0.312. The normalized spacial score (nSPS) is 13.3. The van der Waals surface area contributed by atoms with Gasteiger partial charge in [0.1, 0.15) is 6.04 Å². The zero-order valence-corrected chi connectivity index (χ0v) is 12.6. The Morgan fingerprint density at radius 1 is 1.26 bits per heavy atom. The first-order valence-electron chi connectivity index (χ1n) is 7.05. The Balaban J connectivity index is 2.63. The second-order valence-corrected chi connectivity index (χ2v) is 4.60. The molecule has 0 unspecified atom stereocenters. The predicted molar refractivity (Wildman–Crippen MR) is 81.4 cm³/mol. The van der Waals surface area contributed by atoms with Crippen LogP contribution >= 0.6 is 0 Å². The smallest absolute Gasteiger partial charge is 0.330 e. The molecule has 1 rings (SSSR count). The Kier molecular flexibility index (Phi) is 7.49. The van der Waals surface area contributed by atoms with Crippen molar-refractivity contribution in [2.75, 3.05) is 6.61 Å². The van der Waals surface area contributed by atoms with Crippen LogP contribution in [0.15, 0.2) is 42.5 Å². The second-order valence-electron chi connectivity index (χ2n) is 4.60. The number of aliphatic carboxylic acids is 1. The number of hydrogen-bond donors (Lipinski definition) is 3. The van der Waals surface area contributed by atoms with Gasteiger partial charge in [0.05, 0.1) is 6.61 Å². The lowest BCUT2D eigenvalue weighted by atomic mass is 10.1. The molecule has 0 heterocycles. The monoisotopic (exact) mass is 321 g/mol. The summed E-state index contributed by atoms with van der Waals surface area (Å²) in [5.41, 5.74) is 0.358. The molecule has 124 valence electrons. The Morgan fingerprint density at radius 3 is 2.48 bits per heavy atom. The Bertz CT molecular complexity index is 569. The van der Waals surface area contributed by atoms with Gasteiger partial charge in [-0.3, -0.25) is 4.79 Å². The molecule has 1 aromatic rings. The second kappa shape index (κ2) is 9.37. The summed E-state index contributed by atoms with van der Waals surface area (Å²) in [5.74, 6) is -2.69. The number of aliphatic hydroxyl groups excluding tert-OH is 1. The van der Waals surface area contributed by atoms with Crippen molar-refractivity contribution in [3.63, 3.8) is 0 Å². The van der Waals surface area contributed by atoms with Crippen LogP contribution in [0.4, 0.5) is 0 Å². The van der Waals surface area contributed by atoms with Crippen LogP contribution in [0.2, 0.25) is 0 Å². The average Bonchev–Trinajstić information content (AvgIpc) is 2.54. The number of carbonyl (C=O) groups excluding carboxylic acids is 2. The number of nitrogens with one attached hydrogen (secondary N) is 1. The molecule has 1 aromatic carbocycles. The van der Waals surface area contributed by atoms with Gasteiger partial charge in [0.15, 0.2) is 6.10 Å². The number of amides is 1. The highest BCUT2D eigenvalue weighted by Gasteiger charge is 2.24. The van der Waals surface area contributed by atoms with E-state index in [0.29, 0.717) is 5.56 Å². The highest BCUT2D eigenvalue weighted by Crippen LogP contribution is 2.12. The van der Waals surface area contributed by atoms with E-state index >= 15 is 0 Å². The van der Waals surface area contributed by atoms with Gasteiger partial charge < -0.3 is 20.3 Å². The first-order valence-corrected chi connectivity index (χ1v) is 7.05. The summed E-state index contributed by atoms with van der Waals surface area (Å²) in [7, 11) is 0. The Labute approximate surface area is 133 Å². The lowest BCUT2D eigenvalue weighted by Gasteiger charge is -2.16. The molecule has 0 aromatic heterocycles. The van der Waals surface area contributed by atoms with Crippen LogP contribution in [0, 0.1) is 0 Å². The van der Waals surface area contributed by atoms with E-state index in [0.717, 1.165) is 6.08 Å². The largest absolute Gasteiger partial charge is 0.480 e. The fourth-order valence-electron chi connectivity index (χ4n) is 1.75. The number of hydrogen-bond acceptors (Lipinski definition) is 5. The van der Waals surface area contributed by atoms with Gasteiger partial charge in [0, 0.05) is 6.08 Å².